The number of hydrogen-bond donors (Lipinski definition) is 0. The van der Waals surface area contributed by atoms with Gasteiger partial charge in [0.1, 0.15) is 5.78 Å². The zero-order valence-corrected chi connectivity index (χ0v) is 30.1. The Kier molecular flexibility index (Phi) is 34.8. The standard InChI is InChI=1S/C41H75NO2/c1-5-7-9-11-13-15-17-19-21-23-25-27-29-31-33-35-37-44-41(39-42(3)4)38-40(43)36-34-32-30-28-26-24-22-20-18-16-14-12-10-8-6-2/h13-16,19-22,41H,5-12,17-18,23-39H2,1-4H3/b15-13-,16-14-,21-19-,22-20-. The van der Waals surface area contributed by atoms with Crippen LogP contribution in [0.15, 0.2) is 48.6 Å². The Hall–Kier alpha value is -1.45. The highest BCUT2D eigenvalue weighted by atomic mass is 16.5. The monoisotopic (exact) mass is 614 g/mol. The number of allylic oxidation sites excluding steroid dienone is 8. The number of rotatable bonds is 34. The molecule has 0 spiro atoms. The number of unbranched alkanes of at least 4 members (excludes halogenated alkanes) is 17. The maximum absolute atomic E-state index is 12.6. The van der Waals surface area contributed by atoms with Crippen LogP contribution in [0.4, 0.5) is 0 Å². The number of hydrogen-bond acceptors (Lipinski definition) is 3. The quantitative estimate of drug-likeness (QED) is 0.0534. The lowest BCUT2D eigenvalue weighted by Crippen LogP contribution is -2.30. The highest BCUT2D eigenvalue weighted by Gasteiger charge is 2.15. The van der Waals surface area contributed by atoms with Gasteiger partial charge in [0.2, 0.25) is 0 Å². The van der Waals surface area contributed by atoms with Gasteiger partial charge in [-0.05, 0) is 91.1 Å². The van der Waals surface area contributed by atoms with Crippen molar-refractivity contribution >= 4 is 5.78 Å². The predicted molar refractivity (Wildman–Crippen MR) is 197 cm³/mol. The van der Waals surface area contributed by atoms with Gasteiger partial charge in [0.15, 0.2) is 0 Å². The van der Waals surface area contributed by atoms with Gasteiger partial charge in [-0.1, -0.05) is 133 Å². The minimum absolute atomic E-state index is 0.0356. The summed E-state index contributed by atoms with van der Waals surface area (Å²) in [5, 5.41) is 0. The van der Waals surface area contributed by atoms with Crippen LogP contribution in [0.1, 0.15) is 174 Å². The normalized spacial score (nSPS) is 13.1. The minimum Gasteiger partial charge on any atom is -0.376 e. The van der Waals surface area contributed by atoms with Crippen LogP contribution in [0.3, 0.4) is 0 Å². The van der Waals surface area contributed by atoms with Crippen LogP contribution < -0.4 is 0 Å². The zero-order valence-electron chi connectivity index (χ0n) is 30.1. The van der Waals surface area contributed by atoms with E-state index in [1.54, 1.807) is 0 Å². The molecule has 0 aromatic heterocycles. The fourth-order valence-electron chi connectivity index (χ4n) is 5.41. The number of Topliss-reactive ketones (excluding diaryl/α,β-unsaturated/α-hetero) is 1. The van der Waals surface area contributed by atoms with E-state index < -0.39 is 0 Å². The Balaban J connectivity index is 3.73. The summed E-state index contributed by atoms with van der Waals surface area (Å²) in [5.41, 5.74) is 0. The van der Waals surface area contributed by atoms with Gasteiger partial charge in [-0.2, -0.15) is 0 Å². The van der Waals surface area contributed by atoms with Gasteiger partial charge >= 0.3 is 0 Å². The third-order valence-electron chi connectivity index (χ3n) is 8.13. The molecule has 3 heteroatoms. The molecule has 0 aliphatic rings. The molecule has 0 heterocycles. The minimum atomic E-state index is 0.0356. The average molecular weight is 614 g/mol. The van der Waals surface area contributed by atoms with Gasteiger partial charge in [-0.15, -0.1) is 0 Å². The van der Waals surface area contributed by atoms with Crippen LogP contribution in [0.25, 0.3) is 0 Å². The van der Waals surface area contributed by atoms with Crippen molar-refractivity contribution in [3.8, 4) is 0 Å². The van der Waals surface area contributed by atoms with Gasteiger partial charge in [-0.3, -0.25) is 4.79 Å². The van der Waals surface area contributed by atoms with Gasteiger partial charge in [-0.25, -0.2) is 0 Å². The largest absolute Gasteiger partial charge is 0.376 e. The first-order chi connectivity index (χ1) is 21.6. The molecule has 0 saturated carbocycles. The molecule has 0 bridgehead atoms. The summed E-state index contributed by atoms with van der Waals surface area (Å²) in [6.45, 7) is 6.12. The summed E-state index contributed by atoms with van der Waals surface area (Å²) in [7, 11) is 4.14. The summed E-state index contributed by atoms with van der Waals surface area (Å²) in [6, 6.07) is 0. The molecule has 44 heavy (non-hydrogen) atoms. The van der Waals surface area contributed by atoms with Crippen LogP contribution in [0.2, 0.25) is 0 Å². The molecule has 256 valence electrons. The van der Waals surface area contributed by atoms with Crippen molar-refractivity contribution in [3.05, 3.63) is 48.6 Å². The van der Waals surface area contributed by atoms with Crippen molar-refractivity contribution in [3.63, 3.8) is 0 Å². The molecule has 0 amide bonds. The second-order valence-corrected chi connectivity index (χ2v) is 13.1. The molecule has 3 nitrogen and oxygen atoms in total. The summed E-state index contributed by atoms with van der Waals surface area (Å²) >= 11 is 0. The number of nitrogens with zero attached hydrogens (tertiary/aromatic N) is 1. The van der Waals surface area contributed by atoms with Crippen molar-refractivity contribution in [1.29, 1.82) is 0 Å². The maximum Gasteiger partial charge on any atom is 0.135 e. The molecular weight excluding hydrogens is 538 g/mol. The van der Waals surface area contributed by atoms with E-state index in [0.29, 0.717) is 18.6 Å². The highest BCUT2D eigenvalue weighted by Crippen LogP contribution is 2.13. The highest BCUT2D eigenvalue weighted by molar-refractivity contribution is 5.78. The molecule has 0 rings (SSSR count). The van der Waals surface area contributed by atoms with E-state index in [0.717, 1.165) is 38.8 Å². The van der Waals surface area contributed by atoms with E-state index in [4.69, 9.17) is 4.74 Å². The Labute approximate surface area is 276 Å². The summed E-state index contributed by atoms with van der Waals surface area (Å²) in [6.07, 6.45) is 48.4. The van der Waals surface area contributed by atoms with E-state index in [1.807, 2.05) is 0 Å². The van der Waals surface area contributed by atoms with Crippen LogP contribution in [-0.4, -0.2) is 44.0 Å². The molecule has 0 fully saturated rings. The van der Waals surface area contributed by atoms with Gasteiger partial charge in [0.25, 0.3) is 0 Å². The number of carbonyl (C=O) groups is 1. The third-order valence-corrected chi connectivity index (χ3v) is 8.13. The molecular formula is C41H75NO2. The molecule has 0 saturated heterocycles. The zero-order chi connectivity index (χ0) is 32.2. The van der Waals surface area contributed by atoms with E-state index in [2.05, 4.69) is 81.5 Å². The second kappa shape index (κ2) is 36.0. The van der Waals surface area contributed by atoms with Gasteiger partial charge < -0.3 is 9.64 Å². The molecule has 0 aliphatic heterocycles. The summed E-state index contributed by atoms with van der Waals surface area (Å²) < 4.78 is 6.18. The summed E-state index contributed by atoms with van der Waals surface area (Å²) in [5.74, 6) is 0.375. The van der Waals surface area contributed by atoms with Crippen molar-refractivity contribution < 1.29 is 9.53 Å². The third kappa shape index (κ3) is 35.0. The maximum atomic E-state index is 12.6. The fraction of sp³-hybridized carbons (Fsp3) is 0.780. The Bertz CT molecular complexity index is 705. The SMILES string of the molecule is CCCCC/C=C\C/C=C\CCCCCCCCOC(CC(=O)CCCCCCC/C=C\C/C=C\CCCCC)CN(C)C. The first-order valence-corrected chi connectivity index (χ1v) is 19.0. The van der Waals surface area contributed by atoms with Crippen molar-refractivity contribution in [2.75, 3.05) is 27.2 Å². The lowest BCUT2D eigenvalue weighted by atomic mass is 10.0. The molecule has 0 aliphatic carbocycles. The van der Waals surface area contributed by atoms with Crippen molar-refractivity contribution in [2.45, 2.75) is 180 Å². The second-order valence-electron chi connectivity index (χ2n) is 13.1. The molecule has 0 radical (unpaired) electrons. The fourth-order valence-corrected chi connectivity index (χ4v) is 5.41. The molecule has 0 aromatic rings. The number of carbonyl (C=O) groups excluding carboxylic acids is 1. The topological polar surface area (TPSA) is 29.5 Å². The number of ether oxygens (including phenoxy) is 1. The van der Waals surface area contributed by atoms with E-state index >= 15 is 0 Å². The van der Waals surface area contributed by atoms with Crippen molar-refractivity contribution in [1.82, 2.24) is 4.90 Å². The molecule has 1 atom stereocenters. The van der Waals surface area contributed by atoms with E-state index in [9.17, 15) is 4.79 Å². The average Bonchev–Trinajstić information content (AvgIpc) is 3.00. The lowest BCUT2D eigenvalue weighted by molar-refractivity contribution is -0.122. The molecule has 0 aromatic carbocycles. The van der Waals surface area contributed by atoms with Crippen LogP contribution >= 0.6 is 0 Å². The van der Waals surface area contributed by atoms with Gasteiger partial charge in [0.05, 0.1) is 6.10 Å². The Morgan fingerprint density at radius 1 is 0.545 bits per heavy atom. The van der Waals surface area contributed by atoms with Crippen LogP contribution in [0.5, 0.6) is 0 Å². The van der Waals surface area contributed by atoms with Crippen LogP contribution in [-0.2, 0) is 9.53 Å². The first-order valence-electron chi connectivity index (χ1n) is 19.0. The van der Waals surface area contributed by atoms with E-state index in [-0.39, 0.29) is 6.10 Å². The Morgan fingerprint density at radius 3 is 1.41 bits per heavy atom. The molecule has 1 unspecified atom stereocenters. The molecule has 0 N–H and O–H groups in total. The predicted octanol–water partition coefficient (Wildman–Crippen LogP) is 12.5. The van der Waals surface area contributed by atoms with Crippen LogP contribution in [0, 0.1) is 0 Å². The lowest BCUT2D eigenvalue weighted by Gasteiger charge is -2.21. The number of ketones is 1. The Morgan fingerprint density at radius 2 is 0.955 bits per heavy atom. The first kappa shape index (κ1) is 42.6. The van der Waals surface area contributed by atoms with E-state index in [1.165, 1.54) is 122 Å². The smallest absolute Gasteiger partial charge is 0.135 e. The number of likely N-dealkylation sites (N-methyl/N-ethyl adjacent to an activating group) is 1. The van der Waals surface area contributed by atoms with Gasteiger partial charge in [0, 0.05) is 26.0 Å². The van der Waals surface area contributed by atoms with Crippen molar-refractivity contribution in [2.24, 2.45) is 0 Å². The summed E-state index contributed by atoms with van der Waals surface area (Å²) in [4.78, 5) is 14.8.